The number of carbonyl (C=O) groups excluding carboxylic acids is 1. The van der Waals surface area contributed by atoms with Crippen LogP contribution in [0.1, 0.15) is 34.5 Å². The molecule has 1 fully saturated rings. The van der Waals surface area contributed by atoms with Gasteiger partial charge in [-0.25, -0.2) is 9.97 Å². The number of amides is 1. The van der Waals surface area contributed by atoms with Crippen molar-refractivity contribution in [3.05, 3.63) is 23.0 Å². The highest BCUT2D eigenvalue weighted by atomic mass is 32.1. The van der Waals surface area contributed by atoms with Crippen LogP contribution in [0.3, 0.4) is 0 Å². The number of fused-ring (bicyclic) bond motifs is 1. The van der Waals surface area contributed by atoms with E-state index >= 15 is 0 Å². The predicted octanol–water partition coefficient (Wildman–Crippen LogP) is 2.22. The molecule has 1 saturated heterocycles. The van der Waals surface area contributed by atoms with E-state index in [0.717, 1.165) is 40.2 Å². The summed E-state index contributed by atoms with van der Waals surface area (Å²) in [5, 5.41) is 4.00. The molecule has 1 aliphatic rings. The highest BCUT2D eigenvalue weighted by molar-refractivity contribution is 7.20. The maximum atomic E-state index is 12.3. The summed E-state index contributed by atoms with van der Waals surface area (Å²) in [6, 6.07) is 0. The number of hydrogen-bond acceptors (Lipinski definition) is 5. The number of hydrogen-bond donors (Lipinski definition) is 1. The van der Waals surface area contributed by atoms with Gasteiger partial charge in [0.25, 0.3) is 5.91 Å². The molecule has 1 amide bonds. The lowest BCUT2D eigenvalue weighted by Gasteiger charge is -2.14. The zero-order chi connectivity index (χ0) is 14.7. The average molecular weight is 304 g/mol. The Morgan fingerprint density at radius 2 is 2.24 bits per heavy atom. The molecule has 0 atom stereocenters. The van der Waals surface area contributed by atoms with Crippen molar-refractivity contribution >= 4 is 27.5 Å². The molecule has 0 aliphatic carbocycles. The summed E-state index contributed by atoms with van der Waals surface area (Å²) >= 11 is 1.44. The van der Waals surface area contributed by atoms with Gasteiger partial charge in [-0.2, -0.15) is 0 Å². The van der Waals surface area contributed by atoms with E-state index in [1.165, 1.54) is 43.6 Å². The predicted molar refractivity (Wildman–Crippen MR) is 84.8 cm³/mol. The van der Waals surface area contributed by atoms with Crippen molar-refractivity contribution in [2.45, 2.75) is 26.2 Å². The van der Waals surface area contributed by atoms with E-state index < -0.39 is 0 Å². The maximum absolute atomic E-state index is 12.3. The van der Waals surface area contributed by atoms with Gasteiger partial charge in [0.15, 0.2) is 0 Å². The quantitative estimate of drug-likeness (QED) is 0.861. The lowest BCUT2D eigenvalue weighted by molar-refractivity contribution is 0.0955. The van der Waals surface area contributed by atoms with Gasteiger partial charge < -0.3 is 10.2 Å². The number of likely N-dealkylation sites (tertiary alicyclic amines) is 1. The van der Waals surface area contributed by atoms with E-state index in [4.69, 9.17) is 0 Å². The Balaban J connectivity index is 1.55. The molecule has 0 saturated carbocycles. The Hall–Kier alpha value is -1.53. The van der Waals surface area contributed by atoms with Crippen molar-refractivity contribution in [1.82, 2.24) is 20.2 Å². The van der Waals surface area contributed by atoms with Crippen molar-refractivity contribution < 1.29 is 4.79 Å². The molecule has 1 N–H and O–H groups in total. The monoisotopic (exact) mass is 304 g/mol. The van der Waals surface area contributed by atoms with Crippen molar-refractivity contribution in [2.75, 3.05) is 26.2 Å². The van der Waals surface area contributed by atoms with E-state index in [-0.39, 0.29) is 5.91 Å². The fraction of sp³-hybridized carbons (Fsp3) is 0.533. The molecule has 3 rings (SSSR count). The highest BCUT2D eigenvalue weighted by Gasteiger charge is 2.16. The Labute approximate surface area is 128 Å². The smallest absolute Gasteiger partial charge is 0.261 e. The van der Waals surface area contributed by atoms with Gasteiger partial charge in [-0.05, 0) is 51.4 Å². The van der Waals surface area contributed by atoms with Gasteiger partial charge in [0.05, 0.1) is 4.88 Å². The molecule has 0 spiro atoms. The first kappa shape index (κ1) is 14.4. The van der Waals surface area contributed by atoms with Crippen molar-refractivity contribution in [3.63, 3.8) is 0 Å². The van der Waals surface area contributed by atoms with E-state index in [1.807, 2.05) is 6.92 Å². The second kappa shape index (κ2) is 6.49. The normalized spacial score (nSPS) is 15.7. The van der Waals surface area contributed by atoms with Crippen LogP contribution in [-0.2, 0) is 0 Å². The first-order chi connectivity index (χ1) is 10.3. The largest absolute Gasteiger partial charge is 0.351 e. The third-order valence-corrected chi connectivity index (χ3v) is 5.18. The summed E-state index contributed by atoms with van der Waals surface area (Å²) in [4.78, 5) is 24.6. The van der Waals surface area contributed by atoms with Crippen LogP contribution in [-0.4, -0.2) is 47.0 Å². The minimum Gasteiger partial charge on any atom is -0.351 e. The van der Waals surface area contributed by atoms with Crippen molar-refractivity contribution in [3.8, 4) is 0 Å². The number of thiophene rings is 1. The summed E-state index contributed by atoms with van der Waals surface area (Å²) in [7, 11) is 0. The summed E-state index contributed by atoms with van der Waals surface area (Å²) in [5.41, 5.74) is 0.979. The highest BCUT2D eigenvalue weighted by Crippen LogP contribution is 2.28. The molecule has 0 bridgehead atoms. The van der Waals surface area contributed by atoms with Gasteiger partial charge in [-0.1, -0.05) is 0 Å². The first-order valence-corrected chi connectivity index (χ1v) is 8.27. The molecule has 21 heavy (non-hydrogen) atoms. The number of nitrogens with zero attached hydrogens (tertiary/aromatic N) is 3. The SMILES string of the molecule is Cc1c(C(=O)NCCCN2CCCC2)sc2ncncc12. The number of rotatable bonds is 5. The van der Waals surface area contributed by atoms with Gasteiger partial charge >= 0.3 is 0 Å². The van der Waals surface area contributed by atoms with Gasteiger partial charge in [0.1, 0.15) is 11.2 Å². The number of aromatic nitrogens is 2. The fourth-order valence-corrected chi connectivity index (χ4v) is 3.80. The van der Waals surface area contributed by atoms with Crippen LogP contribution in [0.4, 0.5) is 0 Å². The zero-order valence-electron chi connectivity index (χ0n) is 12.3. The Kier molecular flexibility index (Phi) is 4.45. The van der Waals surface area contributed by atoms with E-state index in [2.05, 4.69) is 20.2 Å². The number of aryl methyl sites for hydroxylation is 1. The van der Waals surface area contributed by atoms with E-state index in [1.54, 1.807) is 6.20 Å². The van der Waals surface area contributed by atoms with Crippen LogP contribution in [0.15, 0.2) is 12.5 Å². The standard InChI is InChI=1S/C15H20N4OS/c1-11-12-9-16-10-18-15(12)21-13(11)14(20)17-5-4-8-19-6-2-3-7-19/h9-10H,2-8H2,1H3,(H,17,20). The van der Waals surface area contributed by atoms with Gasteiger partial charge in [-0.3, -0.25) is 4.79 Å². The molecule has 3 heterocycles. The number of carbonyl (C=O) groups is 1. The topological polar surface area (TPSA) is 58.1 Å². The van der Waals surface area contributed by atoms with Crippen LogP contribution >= 0.6 is 11.3 Å². The Morgan fingerprint density at radius 3 is 3.00 bits per heavy atom. The van der Waals surface area contributed by atoms with Gasteiger partial charge in [-0.15, -0.1) is 11.3 Å². The van der Waals surface area contributed by atoms with Crippen LogP contribution in [0, 0.1) is 6.92 Å². The molecule has 112 valence electrons. The van der Waals surface area contributed by atoms with Crippen LogP contribution in [0.5, 0.6) is 0 Å². The van der Waals surface area contributed by atoms with Gasteiger partial charge in [0, 0.05) is 18.1 Å². The number of nitrogens with one attached hydrogen (secondary N) is 1. The van der Waals surface area contributed by atoms with Crippen LogP contribution < -0.4 is 5.32 Å². The fourth-order valence-electron chi connectivity index (χ4n) is 2.76. The third-order valence-electron chi connectivity index (χ3n) is 3.96. The zero-order valence-corrected chi connectivity index (χ0v) is 13.1. The van der Waals surface area contributed by atoms with E-state index in [9.17, 15) is 4.79 Å². The molecule has 5 nitrogen and oxygen atoms in total. The summed E-state index contributed by atoms with van der Waals surface area (Å²) < 4.78 is 0. The molecular weight excluding hydrogens is 284 g/mol. The van der Waals surface area contributed by atoms with Crippen LogP contribution in [0.2, 0.25) is 0 Å². The molecule has 0 radical (unpaired) electrons. The second-order valence-corrected chi connectivity index (χ2v) is 6.46. The van der Waals surface area contributed by atoms with Gasteiger partial charge in [0.2, 0.25) is 0 Å². The average Bonchev–Trinajstić information content (AvgIpc) is 3.12. The molecule has 0 unspecified atom stereocenters. The van der Waals surface area contributed by atoms with Crippen molar-refractivity contribution in [1.29, 1.82) is 0 Å². The Morgan fingerprint density at radius 1 is 1.43 bits per heavy atom. The summed E-state index contributed by atoms with van der Waals surface area (Å²) in [5.74, 6) is 0.0110. The molecule has 6 heteroatoms. The minimum absolute atomic E-state index is 0.0110. The molecular formula is C15H20N4OS. The molecule has 2 aromatic heterocycles. The first-order valence-electron chi connectivity index (χ1n) is 7.45. The van der Waals surface area contributed by atoms with Crippen molar-refractivity contribution in [2.24, 2.45) is 0 Å². The second-order valence-electron chi connectivity index (χ2n) is 5.46. The maximum Gasteiger partial charge on any atom is 0.261 e. The lowest BCUT2D eigenvalue weighted by atomic mass is 10.2. The molecule has 0 aromatic carbocycles. The minimum atomic E-state index is 0.0110. The van der Waals surface area contributed by atoms with Crippen LogP contribution in [0.25, 0.3) is 10.2 Å². The third kappa shape index (κ3) is 3.22. The molecule has 1 aliphatic heterocycles. The Bertz CT molecular complexity index is 634. The lowest BCUT2D eigenvalue weighted by Crippen LogP contribution is -2.28. The molecule has 2 aromatic rings. The summed E-state index contributed by atoms with van der Waals surface area (Å²) in [6.45, 7) is 6.19. The van der Waals surface area contributed by atoms with E-state index in [0.29, 0.717) is 0 Å². The summed E-state index contributed by atoms with van der Waals surface area (Å²) in [6.07, 6.45) is 6.94.